The van der Waals surface area contributed by atoms with Crippen molar-refractivity contribution in [3.63, 3.8) is 0 Å². The van der Waals surface area contributed by atoms with Crippen LogP contribution in [0.3, 0.4) is 0 Å². The van der Waals surface area contributed by atoms with Gasteiger partial charge >= 0.3 is 6.09 Å². The molecule has 0 heterocycles. The molecule has 0 unspecified atom stereocenters. The van der Waals surface area contributed by atoms with Crippen LogP contribution in [0.15, 0.2) is 18.2 Å². The maximum absolute atomic E-state index is 11.6. The maximum atomic E-state index is 11.6. The molecule has 98 valence electrons. The van der Waals surface area contributed by atoms with Gasteiger partial charge in [-0.3, -0.25) is 10.1 Å². The highest BCUT2D eigenvalue weighted by Gasteiger charge is 2.17. The van der Waals surface area contributed by atoms with Gasteiger partial charge in [-0.15, -0.1) is 0 Å². The van der Waals surface area contributed by atoms with E-state index in [2.05, 4.69) is 5.32 Å². The predicted molar refractivity (Wildman–Crippen MR) is 69.6 cm³/mol. The first-order chi connectivity index (χ1) is 8.20. The number of primary amides is 1. The molecule has 5 heteroatoms. The molecule has 0 saturated heterocycles. The number of nitrogens with two attached hydrogens (primary N) is 1. The summed E-state index contributed by atoms with van der Waals surface area (Å²) in [6.07, 6.45) is -0.563. The van der Waals surface area contributed by atoms with Crippen molar-refractivity contribution in [3.8, 4) is 0 Å². The third-order valence-corrected chi connectivity index (χ3v) is 2.23. The van der Waals surface area contributed by atoms with Gasteiger partial charge in [-0.25, -0.2) is 4.79 Å². The van der Waals surface area contributed by atoms with Crippen molar-refractivity contribution in [2.75, 3.05) is 5.32 Å². The summed E-state index contributed by atoms with van der Waals surface area (Å²) in [5.41, 5.74) is 6.18. The number of ether oxygens (including phenoxy) is 1. The average molecular weight is 250 g/mol. The molecule has 0 atom stereocenters. The Morgan fingerprint density at radius 3 is 2.39 bits per heavy atom. The Bertz CT molecular complexity index is 476. The van der Waals surface area contributed by atoms with Gasteiger partial charge in [0.05, 0.1) is 0 Å². The normalized spacial score (nSPS) is 10.9. The molecule has 3 N–H and O–H groups in total. The van der Waals surface area contributed by atoms with Crippen molar-refractivity contribution in [2.45, 2.75) is 33.3 Å². The highest BCUT2D eigenvalue weighted by molar-refractivity contribution is 5.97. The molecule has 0 fully saturated rings. The maximum Gasteiger partial charge on any atom is 0.412 e. The zero-order chi connectivity index (χ0) is 13.9. The average Bonchev–Trinajstić information content (AvgIpc) is 2.17. The smallest absolute Gasteiger partial charge is 0.412 e. The quantitative estimate of drug-likeness (QED) is 0.845. The van der Waals surface area contributed by atoms with Crippen molar-refractivity contribution in [2.24, 2.45) is 5.73 Å². The first-order valence-electron chi connectivity index (χ1n) is 5.60. The second-order valence-corrected chi connectivity index (χ2v) is 4.97. The highest BCUT2D eigenvalue weighted by Crippen LogP contribution is 2.19. The largest absolute Gasteiger partial charge is 0.444 e. The molecule has 5 nitrogen and oxygen atoms in total. The molecule has 0 bridgehead atoms. The Hall–Kier alpha value is -2.04. The number of hydrogen-bond acceptors (Lipinski definition) is 3. The molecule has 2 amide bonds. The molecule has 0 aliphatic rings. The molecule has 1 rings (SSSR count). The monoisotopic (exact) mass is 250 g/mol. The molecular weight excluding hydrogens is 232 g/mol. The lowest BCUT2D eigenvalue weighted by Gasteiger charge is -2.20. The van der Waals surface area contributed by atoms with Gasteiger partial charge in [-0.1, -0.05) is 6.07 Å². The van der Waals surface area contributed by atoms with E-state index in [1.54, 1.807) is 45.9 Å². The van der Waals surface area contributed by atoms with Crippen molar-refractivity contribution < 1.29 is 14.3 Å². The molecule has 18 heavy (non-hydrogen) atoms. The summed E-state index contributed by atoms with van der Waals surface area (Å²) in [7, 11) is 0. The van der Waals surface area contributed by atoms with E-state index in [1.807, 2.05) is 0 Å². The van der Waals surface area contributed by atoms with Gasteiger partial charge in [-0.05, 0) is 45.4 Å². The molecule has 0 saturated carbocycles. The van der Waals surface area contributed by atoms with E-state index in [0.29, 0.717) is 16.8 Å². The van der Waals surface area contributed by atoms with E-state index in [0.717, 1.165) is 0 Å². The summed E-state index contributed by atoms with van der Waals surface area (Å²) in [5, 5.41) is 2.59. The van der Waals surface area contributed by atoms with Crippen LogP contribution in [-0.2, 0) is 4.74 Å². The van der Waals surface area contributed by atoms with Crippen LogP contribution in [0.4, 0.5) is 10.5 Å². The van der Waals surface area contributed by atoms with Crippen LogP contribution >= 0.6 is 0 Å². The molecule has 0 radical (unpaired) electrons. The minimum absolute atomic E-state index is 0.378. The van der Waals surface area contributed by atoms with Crippen LogP contribution in [0, 0.1) is 6.92 Å². The third kappa shape index (κ3) is 3.76. The summed E-state index contributed by atoms with van der Waals surface area (Å²) in [4.78, 5) is 22.8. The SMILES string of the molecule is Cc1c(NC(=O)OC(C)(C)C)cccc1C(N)=O. The van der Waals surface area contributed by atoms with Crippen LogP contribution < -0.4 is 11.1 Å². The number of rotatable bonds is 2. The zero-order valence-electron chi connectivity index (χ0n) is 11.0. The Kier molecular flexibility index (Phi) is 3.96. The van der Waals surface area contributed by atoms with E-state index in [1.165, 1.54) is 0 Å². The van der Waals surface area contributed by atoms with Crippen LogP contribution in [0.2, 0.25) is 0 Å². The van der Waals surface area contributed by atoms with Crippen molar-refractivity contribution in [1.29, 1.82) is 0 Å². The van der Waals surface area contributed by atoms with Gasteiger partial charge in [-0.2, -0.15) is 0 Å². The van der Waals surface area contributed by atoms with E-state index >= 15 is 0 Å². The molecule has 0 aliphatic heterocycles. The lowest BCUT2D eigenvalue weighted by molar-refractivity contribution is 0.0635. The standard InChI is InChI=1S/C13H18N2O3/c1-8-9(11(14)16)6-5-7-10(8)15-12(17)18-13(2,3)4/h5-7H,1-4H3,(H2,14,16)(H,15,17). The number of anilines is 1. The first kappa shape index (κ1) is 14.0. The molecule has 1 aromatic rings. The Labute approximate surface area is 106 Å². The van der Waals surface area contributed by atoms with E-state index < -0.39 is 17.6 Å². The fourth-order valence-corrected chi connectivity index (χ4v) is 1.45. The van der Waals surface area contributed by atoms with Gasteiger partial charge in [0.15, 0.2) is 0 Å². The van der Waals surface area contributed by atoms with Gasteiger partial charge < -0.3 is 10.5 Å². The van der Waals surface area contributed by atoms with Crippen molar-refractivity contribution >= 4 is 17.7 Å². The minimum Gasteiger partial charge on any atom is -0.444 e. The predicted octanol–water partition coefficient (Wildman–Crippen LogP) is 2.44. The van der Waals surface area contributed by atoms with Crippen LogP contribution in [0.5, 0.6) is 0 Å². The third-order valence-electron chi connectivity index (χ3n) is 2.23. The van der Waals surface area contributed by atoms with Gasteiger partial charge in [0, 0.05) is 11.3 Å². The lowest BCUT2D eigenvalue weighted by Crippen LogP contribution is -2.27. The molecule has 1 aromatic carbocycles. The molecule has 0 spiro atoms. The summed E-state index contributed by atoms with van der Waals surface area (Å²) in [6, 6.07) is 4.95. The summed E-state index contributed by atoms with van der Waals surface area (Å²) in [6.45, 7) is 7.05. The number of carbonyl (C=O) groups excluding carboxylic acids is 2. The number of benzene rings is 1. The first-order valence-corrected chi connectivity index (χ1v) is 5.60. The van der Waals surface area contributed by atoms with Crippen LogP contribution in [0.25, 0.3) is 0 Å². The molecular formula is C13H18N2O3. The Morgan fingerprint density at radius 1 is 1.28 bits per heavy atom. The van der Waals surface area contributed by atoms with Gasteiger partial charge in [0.1, 0.15) is 5.60 Å². The zero-order valence-corrected chi connectivity index (χ0v) is 11.0. The van der Waals surface area contributed by atoms with Crippen LogP contribution in [0.1, 0.15) is 36.7 Å². The topological polar surface area (TPSA) is 81.4 Å². The minimum atomic E-state index is -0.570. The fourth-order valence-electron chi connectivity index (χ4n) is 1.45. The number of nitrogens with one attached hydrogen (secondary N) is 1. The van der Waals surface area contributed by atoms with E-state index in [4.69, 9.17) is 10.5 Å². The Morgan fingerprint density at radius 2 is 1.89 bits per heavy atom. The lowest BCUT2D eigenvalue weighted by atomic mass is 10.1. The number of carbonyl (C=O) groups is 2. The van der Waals surface area contributed by atoms with Crippen LogP contribution in [-0.4, -0.2) is 17.6 Å². The molecule has 0 aromatic heterocycles. The second kappa shape index (κ2) is 5.08. The van der Waals surface area contributed by atoms with Crippen molar-refractivity contribution in [3.05, 3.63) is 29.3 Å². The Balaban J connectivity index is 2.89. The molecule has 0 aliphatic carbocycles. The summed E-state index contributed by atoms with van der Waals surface area (Å²) in [5.74, 6) is -0.527. The fraction of sp³-hybridized carbons (Fsp3) is 0.385. The number of hydrogen-bond donors (Lipinski definition) is 2. The second-order valence-electron chi connectivity index (χ2n) is 4.97. The van der Waals surface area contributed by atoms with E-state index in [9.17, 15) is 9.59 Å². The van der Waals surface area contributed by atoms with E-state index in [-0.39, 0.29) is 0 Å². The highest BCUT2D eigenvalue weighted by atomic mass is 16.6. The van der Waals surface area contributed by atoms with Gasteiger partial charge in [0.25, 0.3) is 0 Å². The summed E-state index contributed by atoms with van der Waals surface area (Å²) >= 11 is 0. The van der Waals surface area contributed by atoms with Crippen molar-refractivity contribution in [1.82, 2.24) is 0 Å². The number of amides is 2. The summed E-state index contributed by atoms with van der Waals surface area (Å²) < 4.78 is 5.13. The van der Waals surface area contributed by atoms with Gasteiger partial charge in [0.2, 0.25) is 5.91 Å².